The molecule has 0 amide bonds. The van der Waals surface area contributed by atoms with Crippen LogP contribution in [0.1, 0.15) is 0 Å². The van der Waals surface area contributed by atoms with Crippen LogP contribution in [0, 0.1) is 0 Å². The smallest absolute Gasteiger partial charge is 0.162 e. The normalized spacial score (nSPS) is 10.2. The summed E-state index contributed by atoms with van der Waals surface area (Å²) in [6, 6.07) is 25.8. The largest absolute Gasteiger partial charge is 0.497 e. The fraction of sp³-hybridized carbons (Fsp3) is 0.0476. The molecule has 4 aromatic rings. The van der Waals surface area contributed by atoms with Crippen LogP contribution in [0.5, 0.6) is 5.75 Å². The lowest BCUT2D eigenvalue weighted by Crippen LogP contribution is -1.99. The summed E-state index contributed by atoms with van der Waals surface area (Å²) in [7, 11) is 1.66. The van der Waals surface area contributed by atoms with Gasteiger partial charge in [-0.05, 0) is 24.3 Å². The van der Waals surface area contributed by atoms with Crippen LogP contribution >= 0.6 is 12.4 Å². The second-order valence-electron chi connectivity index (χ2n) is 5.64. The van der Waals surface area contributed by atoms with Crippen LogP contribution in [-0.4, -0.2) is 17.1 Å². The molecule has 130 valence electrons. The predicted octanol–water partition coefficient (Wildman–Crippen LogP) is 5.47. The Labute approximate surface area is 158 Å². The lowest BCUT2D eigenvalue weighted by molar-refractivity contribution is 0.415. The highest BCUT2D eigenvalue weighted by molar-refractivity contribution is 5.92. The number of benzene rings is 3. The Morgan fingerprint density at radius 2 is 1.58 bits per heavy atom. The summed E-state index contributed by atoms with van der Waals surface area (Å²) in [6.45, 7) is 0. The molecule has 0 radical (unpaired) electrons. The molecule has 26 heavy (non-hydrogen) atoms. The van der Waals surface area contributed by atoms with E-state index in [9.17, 15) is 0 Å². The van der Waals surface area contributed by atoms with Crippen molar-refractivity contribution in [3.8, 4) is 17.1 Å². The third-order valence-corrected chi connectivity index (χ3v) is 3.97. The quantitative estimate of drug-likeness (QED) is 0.522. The molecule has 4 rings (SSSR count). The van der Waals surface area contributed by atoms with Gasteiger partial charge in [0, 0.05) is 22.7 Å². The summed E-state index contributed by atoms with van der Waals surface area (Å²) < 4.78 is 5.30. The van der Waals surface area contributed by atoms with E-state index in [1.807, 2.05) is 78.9 Å². The molecule has 0 unspecified atom stereocenters. The van der Waals surface area contributed by atoms with Crippen LogP contribution < -0.4 is 10.1 Å². The van der Waals surface area contributed by atoms with Crippen molar-refractivity contribution in [3.05, 3.63) is 78.9 Å². The van der Waals surface area contributed by atoms with Crippen LogP contribution in [0.4, 0.5) is 11.5 Å². The molecule has 1 heterocycles. The molecule has 0 aliphatic rings. The van der Waals surface area contributed by atoms with E-state index >= 15 is 0 Å². The number of ether oxygens (including phenoxy) is 1. The third kappa shape index (κ3) is 3.60. The first-order chi connectivity index (χ1) is 12.3. The van der Waals surface area contributed by atoms with E-state index in [1.165, 1.54) is 0 Å². The SMILES string of the molecule is COc1cccc(Nc2nc(-c3ccccc3)nc3ccccc23)c1.Cl. The molecule has 0 spiro atoms. The van der Waals surface area contributed by atoms with Crippen molar-refractivity contribution in [2.45, 2.75) is 0 Å². The van der Waals surface area contributed by atoms with E-state index in [4.69, 9.17) is 14.7 Å². The van der Waals surface area contributed by atoms with Gasteiger partial charge in [-0.15, -0.1) is 12.4 Å². The Balaban J connectivity index is 0.00000196. The number of fused-ring (bicyclic) bond motifs is 1. The second kappa shape index (κ2) is 7.85. The van der Waals surface area contributed by atoms with E-state index in [0.29, 0.717) is 5.82 Å². The van der Waals surface area contributed by atoms with Crippen molar-refractivity contribution in [2.75, 3.05) is 12.4 Å². The highest BCUT2D eigenvalue weighted by atomic mass is 35.5. The number of nitrogens with zero attached hydrogens (tertiary/aromatic N) is 2. The Morgan fingerprint density at radius 1 is 0.808 bits per heavy atom. The number of nitrogens with one attached hydrogen (secondary N) is 1. The highest BCUT2D eigenvalue weighted by Crippen LogP contribution is 2.28. The minimum absolute atomic E-state index is 0. The zero-order chi connectivity index (χ0) is 17.1. The van der Waals surface area contributed by atoms with Gasteiger partial charge in [0.25, 0.3) is 0 Å². The first-order valence-corrected chi connectivity index (χ1v) is 8.07. The second-order valence-corrected chi connectivity index (χ2v) is 5.64. The van der Waals surface area contributed by atoms with Crippen LogP contribution in [-0.2, 0) is 0 Å². The molecular weight excluding hydrogens is 346 g/mol. The predicted molar refractivity (Wildman–Crippen MR) is 108 cm³/mol. The van der Waals surface area contributed by atoms with E-state index in [0.717, 1.165) is 33.7 Å². The third-order valence-electron chi connectivity index (χ3n) is 3.97. The topological polar surface area (TPSA) is 47.0 Å². The van der Waals surface area contributed by atoms with Crippen molar-refractivity contribution in [3.63, 3.8) is 0 Å². The standard InChI is InChI=1S/C21H17N3O.ClH/c1-25-17-11-7-10-16(14-17)22-21-18-12-5-6-13-19(18)23-20(24-21)15-8-3-2-4-9-15;/h2-14H,1H3,(H,22,23,24);1H. The summed E-state index contributed by atoms with van der Waals surface area (Å²) >= 11 is 0. The van der Waals surface area contributed by atoms with Crippen molar-refractivity contribution in [2.24, 2.45) is 0 Å². The number of hydrogen-bond acceptors (Lipinski definition) is 4. The molecular formula is C21H18ClN3O. The Hall–Kier alpha value is -3.11. The van der Waals surface area contributed by atoms with Crippen molar-refractivity contribution in [1.82, 2.24) is 9.97 Å². The maximum Gasteiger partial charge on any atom is 0.162 e. The van der Waals surface area contributed by atoms with Crippen molar-refractivity contribution >= 4 is 34.8 Å². The molecule has 4 nitrogen and oxygen atoms in total. The van der Waals surface area contributed by atoms with Crippen LogP contribution in [0.2, 0.25) is 0 Å². The van der Waals surface area contributed by atoms with Gasteiger partial charge in [-0.25, -0.2) is 9.97 Å². The number of hydrogen-bond donors (Lipinski definition) is 1. The van der Waals surface area contributed by atoms with Crippen LogP contribution in [0.25, 0.3) is 22.3 Å². The minimum Gasteiger partial charge on any atom is -0.497 e. The lowest BCUT2D eigenvalue weighted by Gasteiger charge is -2.12. The summed E-state index contributed by atoms with van der Waals surface area (Å²) in [5, 5.41) is 4.38. The summed E-state index contributed by atoms with van der Waals surface area (Å²) in [6.07, 6.45) is 0. The summed E-state index contributed by atoms with van der Waals surface area (Å²) in [5.41, 5.74) is 2.81. The first kappa shape index (κ1) is 17.7. The number of rotatable bonds is 4. The molecule has 0 fully saturated rings. The fourth-order valence-corrected chi connectivity index (χ4v) is 2.73. The van der Waals surface area contributed by atoms with Gasteiger partial charge < -0.3 is 10.1 Å². The van der Waals surface area contributed by atoms with Gasteiger partial charge in [-0.3, -0.25) is 0 Å². The van der Waals surface area contributed by atoms with Gasteiger partial charge in [0.15, 0.2) is 5.82 Å². The number of halogens is 1. The van der Waals surface area contributed by atoms with E-state index in [-0.39, 0.29) is 12.4 Å². The number of anilines is 2. The number of para-hydroxylation sites is 1. The Kier molecular flexibility index (Phi) is 5.34. The van der Waals surface area contributed by atoms with E-state index < -0.39 is 0 Å². The Bertz CT molecular complexity index is 1020. The van der Waals surface area contributed by atoms with Gasteiger partial charge in [0.05, 0.1) is 12.6 Å². The maximum atomic E-state index is 5.30. The Morgan fingerprint density at radius 3 is 2.38 bits per heavy atom. The molecule has 1 aromatic heterocycles. The fourth-order valence-electron chi connectivity index (χ4n) is 2.73. The maximum absolute atomic E-state index is 5.30. The van der Waals surface area contributed by atoms with Gasteiger partial charge in [0.2, 0.25) is 0 Å². The minimum atomic E-state index is 0. The molecule has 0 aliphatic carbocycles. The van der Waals surface area contributed by atoms with Crippen molar-refractivity contribution in [1.29, 1.82) is 0 Å². The molecule has 0 bridgehead atoms. The highest BCUT2D eigenvalue weighted by Gasteiger charge is 2.09. The van der Waals surface area contributed by atoms with Crippen LogP contribution in [0.15, 0.2) is 78.9 Å². The first-order valence-electron chi connectivity index (χ1n) is 8.07. The molecule has 3 aromatic carbocycles. The molecule has 0 saturated heterocycles. The van der Waals surface area contributed by atoms with Crippen molar-refractivity contribution < 1.29 is 4.74 Å². The van der Waals surface area contributed by atoms with Gasteiger partial charge in [0.1, 0.15) is 11.6 Å². The zero-order valence-corrected chi connectivity index (χ0v) is 15.0. The van der Waals surface area contributed by atoms with Gasteiger partial charge in [-0.1, -0.05) is 48.5 Å². The van der Waals surface area contributed by atoms with Gasteiger partial charge >= 0.3 is 0 Å². The molecule has 0 aliphatic heterocycles. The van der Waals surface area contributed by atoms with Crippen LogP contribution in [0.3, 0.4) is 0 Å². The number of aromatic nitrogens is 2. The average molecular weight is 364 g/mol. The lowest BCUT2D eigenvalue weighted by atomic mass is 10.2. The monoisotopic (exact) mass is 363 g/mol. The zero-order valence-electron chi connectivity index (χ0n) is 14.2. The number of methoxy groups -OCH3 is 1. The summed E-state index contributed by atoms with van der Waals surface area (Å²) in [5.74, 6) is 2.27. The average Bonchev–Trinajstić information content (AvgIpc) is 2.69. The van der Waals surface area contributed by atoms with E-state index in [1.54, 1.807) is 7.11 Å². The summed E-state index contributed by atoms with van der Waals surface area (Å²) in [4.78, 5) is 9.46. The van der Waals surface area contributed by atoms with Gasteiger partial charge in [-0.2, -0.15) is 0 Å². The molecule has 0 saturated carbocycles. The molecule has 0 atom stereocenters. The molecule has 1 N–H and O–H groups in total. The van der Waals surface area contributed by atoms with E-state index in [2.05, 4.69) is 5.32 Å². The molecule has 5 heteroatoms.